The molecule has 0 unspecified atom stereocenters. The van der Waals surface area contributed by atoms with Crippen LogP contribution in [-0.4, -0.2) is 15.3 Å². The third-order valence-electron chi connectivity index (χ3n) is 4.95. The van der Waals surface area contributed by atoms with Crippen LogP contribution in [0.4, 0.5) is 0 Å². The quantitative estimate of drug-likeness (QED) is 0.909. The van der Waals surface area contributed by atoms with Crippen molar-refractivity contribution in [3.63, 3.8) is 0 Å². The molecule has 1 aliphatic rings. The van der Waals surface area contributed by atoms with Gasteiger partial charge in [0.25, 0.3) is 0 Å². The van der Waals surface area contributed by atoms with E-state index in [1.165, 1.54) is 23.7 Å². The summed E-state index contributed by atoms with van der Waals surface area (Å²) in [5.41, 5.74) is 9.39. The van der Waals surface area contributed by atoms with Gasteiger partial charge in [-0.1, -0.05) is 32.0 Å². The molecule has 1 aliphatic carbocycles. The third-order valence-corrected chi connectivity index (χ3v) is 4.95. The van der Waals surface area contributed by atoms with Gasteiger partial charge in [-0.2, -0.15) is 5.10 Å². The van der Waals surface area contributed by atoms with E-state index in [1.807, 2.05) is 11.7 Å². The van der Waals surface area contributed by atoms with Crippen molar-refractivity contribution in [2.75, 3.05) is 0 Å². The molecule has 1 heterocycles. The molecule has 3 rings (SSSR count). The van der Waals surface area contributed by atoms with Crippen molar-refractivity contribution < 1.29 is 0 Å². The summed E-state index contributed by atoms with van der Waals surface area (Å²) >= 11 is 0. The van der Waals surface area contributed by atoms with Crippen LogP contribution in [0.1, 0.15) is 45.2 Å². The molecule has 0 amide bonds. The fourth-order valence-corrected chi connectivity index (χ4v) is 3.35. The van der Waals surface area contributed by atoms with Gasteiger partial charge in [0.05, 0.1) is 11.2 Å². The lowest BCUT2D eigenvalue weighted by Crippen LogP contribution is -2.47. The molecule has 1 saturated carbocycles. The van der Waals surface area contributed by atoms with Crippen LogP contribution in [0.5, 0.6) is 0 Å². The zero-order chi connectivity index (χ0) is 14.4. The van der Waals surface area contributed by atoms with Crippen LogP contribution in [0.15, 0.2) is 24.3 Å². The van der Waals surface area contributed by atoms with E-state index in [4.69, 9.17) is 10.8 Å². The predicted molar refractivity (Wildman–Crippen MR) is 83.6 cm³/mol. The second kappa shape index (κ2) is 4.59. The van der Waals surface area contributed by atoms with E-state index in [9.17, 15) is 0 Å². The van der Waals surface area contributed by atoms with Gasteiger partial charge in [-0.3, -0.25) is 4.68 Å². The van der Waals surface area contributed by atoms with Gasteiger partial charge in [-0.25, -0.2) is 0 Å². The lowest BCUT2D eigenvalue weighted by atomic mass is 9.68. The molecule has 3 heteroatoms. The first-order valence-electron chi connectivity index (χ1n) is 7.58. The van der Waals surface area contributed by atoms with Gasteiger partial charge in [-0.15, -0.1) is 0 Å². The minimum absolute atomic E-state index is 0.0767. The maximum Gasteiger partial charge on any atom is 0.0721 e. The topological polar surface area (TPSA) is 43.8 Å². The van der Waals surface area contributed by atoms with Crippen LogP contribution in [-0.2, 0) is 13.5 Å². The van der Waals surface area contributed by atoms with Crippen LogP contribution in [0.2, 0.25) is 0 Å². The fraction of sp³-hybridized carbons (Fsp3) is 0.588. The van der Waals surface area contributed by atoms with E-state index in [-0.39, 0.29) is 5.54 Å². The zero-order valence-electron chi connectivity index (χ0n) is 12.8. The number of benzene rings is 1. The molecule has 1 fully saturated rings. The first-order valence-corrected chi connectivity index (χ1v) is 7.58. The number of nitrogens with zero attached hydrogens (tertiary/aromatic N) is 2. The van der Waals surface area contributed by atoms with Gasteiger partial charge >= 0.3 is 0 Å². The monoisotopic (exact) mass is 271 g/mol. The van der Waals surface area contributed by atoms with E-state index in [0.717, 1.165) is 25.0 Å². The molecular formula is C17H25N3. The molecule has 0 radical (unpaired) electrons. The van der Waals surface area contributed by atoms with Crippen LogP contribution in [0.3, 0.4) is 0 Å². The summed E-state index contributed by atoms with van der Waals surface area (Å²) in [6.07, 6.45) is 5.53. The summed E-state index contributed by atoms with van der Waals surface area (Å²) < 4.78 is 1.97. The molecule has 108 valence electrons. The number of nitrogens with two attached hydrogens (primary N) is 1. The van der Waals surface area contributed by atoms with E-state index < -0.39 is 0 Å². The van der Waals surface area contributed by atoms with E-state index in [2.05, 4.69) is 38.1 Å². The summed E-state index contributed by atoms with van der Waals surface area (Å²) in [5, 5.41) is 5.96. The highest BCUT2D eigenvalue weighted by Crippen LogP contribution is 2.40. The van der Waals surface area contributed by atoms with E-state index in [1.54, 1.807) is 0 Å². The Bertz CT molecular complexity index is 614. The number of fused-ring (bicyclic) bond motifs is 1. The molecular weight excluding hydrogens is 246 g/mol. The van der Waals surface area contributed by atoms with Crippen molar-refractivity contribution in [3.05, 3.63) is 30.0 Å². The molecule has 1 aromatic carbocycles. The summed E-state index contributed by atoms with van der Waals surface area (Å²) in [6, 6.07) is 8.43. The molecule has 0 saturated heterocycles. The molecule has 0 bridgehead atoms. The van der Waals surface area contributed by atoms with Crippen LogP contribution in [0, 0.1) is 5.41 Å². The molecule has 3 nitrogen and oxygen atoms in total. The van der Waals surface area contributed by atoms with Crippen molar-refractivity contribution in [2.45, 2.75) is 51.5 Å². The van der Waals surface area contributed by atoms with Gasteiger partial charge in [0, 0.05) is 24.4 Å². The Labute approximate surface area is 121 Å². The third kappa shape index (κ3) is 2.47. The Kier molecular flexibility index (Phi) is 3.13. The second-order valence-electron chi connectivity index (χ2n) is 7.29. The smallest absolute Gasteiger partial charge is 0.0721 e. The van der Waals surface area contributed by atoms with Gasteiger partial charge in [-0.05, 0) is 37.2 Å². The van der Waals surface area contributed by atoms with Gasteiger partial charge in [0.2, 0.25) is 0 Å². The number of hydrogen-bond acceptors (Lipinski definition) is 2. The highest BCUT2D eigenvalue weighted by Gasteiger charge is 2.36. The Balaban J connectivity index is 1.87. The lowest BCUT2D eigenvalue weighted by Gasteiger charge is -2.41. The minimum atomic E-state index is -0.0767. The Morgan fingerprint density at radius 2 is 1.80 bits per heavy atom. The molecule has 0 spiro atoms. The molecule has 20 heavy (non-hydrogen) atoms. The van der Waals surface area contributed by atoms with Crippen molar-refractivity contribution in [1.29, 1.82) is 0 Å². The Morgan fingerprint density at radius 3 is 2.50 bits per heavy atom. The first kappa shape index (κ1) is 13.6. The number of hydrogen-bond donors (Lipinski definition) is 1. The summed E-state index contributed by atoms with van der Waals surface area (Å²) in [4.78, 5) is 0. The Hall–Kier alpha value is -1.35. The van der Waals surface area contributed by atoms with Crippen molar-refractivity contribution in [1.82, 2.24) is 9.78 Å². The van der Waals surface area contributed by atoms with Crippen molar-refractivity contribution in [3.8, 4) is 0 Å². The molecule has 2 N–H and O–H groups in total. The highest BCUT2D eigenvalue weighted by molar-refractivity contribution is 5.81. The van der Waals surface area contributed by atoms with E-state index in [0.29, 0.717) is 5.41 Å². The fourth-order valence-electron chi connectivity index (χ4n) is 3.35. The predicted octanol–water partition coefficient (Wildman–Crippen LogP) is 3.41. The molecule has 0 aliphatic heterocycles. The number of aromatic nitrogens is 2. The number of rotatable bonds is 2. The minimum Gasteiger partial charge on any atom is -0.325 e. The summed E-state index contributed by atoms with van der Waals surface area (Å²) in [6.45, 7) is 4.70. The van der Waals surface area contributed by atoms with Gasteiger partial charge in [0.15, 0.2) is 0 Å². The average molecular weight is 271 g/mol. The highest BCUT2D eigenvalue weighted by atomic mass is 15.3. The normalized spacial score (nSPS) is 21.2. The number of para-hydroxylation sites is 1. The van der Waals surface area contributed by atoms with Gasteiger partial charge in [0.1, 0.15) is 0 Å². The average Bonchev–Trinajstić information content (AvgIpc) is 2.71. The maximum absolute atomic E-state index is 6.66. The Morgan fingerprint density at radius 1 is 1.15 bits per heavy atom. The first-order chi connectivity index (χ1) is 9.39. The standard InChI is InChI=1S/C17H25N3/c1-16(2)8-10-17(18,11-9-16)12-14-13-6-4-5-7-15(13)20(3)19-14/h4-7H,8-12,18H2,1-3H3. The molecule has 2 aromatic rings. The lowest BCUT2D eigenvalue weighted by molar-refractivity contribution is 0.164. The molecule has 0 atom stereocenters. The van der Waals surface area contributed by atoms with Crippen LogP contribution in [0.25, 0.3) is 10.9 Å². The van der Waals surface area contributed by atoms with Gasteiger partial charge < -0.3 is 5.73 Å². The SMILES string of the molecule is Cn1nc(CC2(N)CCC(C)(C)CC2)c2ccccc21. The molecule has 1 aromatic heterocycles. The largest absolute Gasteiger partial charge is 0.325 e. The van der Waals surface area contributed by atoms with Crippen LogP contribution < -0.4 is 5.73 Å². The van der Waals surface area contributed by atoms with Crippen molar-refractivity contribution in [2.24, 2.45) is 18.2 Å². The maximum atomic E-state index is 6.66. The van der Waals surface area contributed by atoms with Crippen molar-refractivity contribution >= 4 is 10.9 Å². The second-order valence-corrected chi connectivity index (χ2v) is 7.29. The van der Waals surface area contributed by atoms with Crippen LogP contribution >= 0.6 is 0 Å². The van der Waals surface area contributed by atoms with E-state index >= 15 is 0 Å². The summed E-state index contributed by atoms with van der Waals surface area (Å²) in [5.74, 6) is 0. The number of aryl methyl sites for hydroxylation is 1. The summed E-state index contributed by atoms with van der Waals surface area (Å²) in [7, 11) is 2.01. The zero-order valence-corrected chi connectivity index (χ0v) is 12.8.